The lowest BCUT2D eigenvalue weighted by Crippen LogP contribution is -1.94. The molecule has 0 fully saturated rings. The summed E-state index contributed by atoms with van der Waals surface area (Å²) in [6.07, 6.45) is 3.71. The maximum Gasteiger partial charge on any atom is 0.118 e. The summed E-state index contributed by atoms with van der Waals surface area (Å²) in [7, 11) is 0. The first-order valence-electron chi connectivity index (χ1n) is 6.19. The number of benzene rings is 2. The number of aryl methyl sites for hydroxylation is 2. The van der Waals surface area contributed by atoms with Gasteiger partial charge >= 0.3 is 0 Å². The summed E-state index contributed by atoms with van der Waals surface area (Å²) in [6.45, 7) is 3.88. The van der Waals surface area contributed by atoms with Crippen molar-refractivity contribution in [3.8, 4) is 5.75 Å². The van der Waals surface area contributed by atoms with Crippen LogP contribution in [0.25, 0.3) is 6.08 Å². The Hall–Kier alpha value is -2.35. The van der Waals surface area contributed by atoms with Crippen LogP contribution < -0.4 is 0 Å². The smallest absolute Gasteiger partial charge is 0.118 e. The van der Waals surface area contributed by atoms with E-state index in [2.05, 4.69) is 6.07 Å². The van der Waals surface area contributed by atoms with Crippen molar-refractivity contribution >= 4 is 11.8 Å². The first-order chi connectivity index (χ1) is 9.06. The number of phenols is 1. The van der Waals surface area contributed by atoms with Gasteiger partial charge in [-0.05, 0) is 54.8 Å². The van der Waals surface area contributed by atoms with Crippen LogP contribution in [0.3, 0.4) is 0 Å². The zero-order chi connectivity index (χ0) is 13.8. The van der Waals surface area contributed by atoms with Crippen LogP contribution in [-0.2, 0) is 0 Å². The van der Waals surface area contributed by atoms with Crippen molar-refractivity contribution in [1.82, 2.24) is 0 Å². The summed E-state index contributed by atoms with van der Waals surface area (Å²) in [6, 6.07) is 13.3. The zero-order valence-electron chi connectivity index (χ0n) is 11.1. The molecule has 0 unspecified atom stereocenters. The Morgan fingerprint density at radius 3 is 2.58 bits per heavy atom. The van der Waals surface area contributed by atoms with Crippen LogP contribution in [0.15, 0.2) is 48.5 Å². The fourth-order valence-corrected chi connectivity index (χ4v) is 1.87. The highest BCUT2D eigenvalue weighted by Gasteiger charge is 2.01. The van der Waals surface area contributed by atoms with Gasteiger partial charge in [0.1, 0.15) is 5.75 Å². The molecular weight excluding hydrogens is 234 g/mol. The molecule has 0 spiro atoms. The Morgan fingerprint density at radius 1 is 1.11 bits per heavy atom. The van der Waals surface area contributed by atoms with Gasteiger partial charge in [0.2, 0.25) is 0 Å². The monoisotopic (exact) mass is 251 g/mol. The van der Waals surface area contributed by atoms with Crippen LogP contribution in [0, 0.1) is 19.3 Å². The summed E-state index contributed by atoms with van der Waals surface area (Å²) in [5.74, 6) is 0.263. The lowest BCUT2D eigenvalue weighted by molar-refractivity contribution is 0.471. The quantitative estimate of drug-likeness (QED) is 0.793. The predicted molar refractivity (Wildman–Crippen MR) is 79.9 cm³/mol. The lowest BCUT2D eigenvalue weighted by Gasteiger charge is -2.03. The zero-order valence-corrected chi connectivity index (χ0v) is 11.1. The van der Waals surface area contributed by atoms with Gasteiger partial charge in [-0.1, -0.05) is 35.9 Å². The van der Waals surface area contributed by atoms with Gasteiger partial charge in [-0.3, -0.25) is 0 Å². The minimum Gasteiger partial charge on any atom is -0.508 e. The van der Waals surface area contributed by atoms with Crippen molar-refractivity contribution in [2.75, 3.05) is 0 Å². The molecule has 2 heteroatoms. The molecule has 96 valence electrons. The van der Waals surface area contributed by atoms with Crippen molar-refractivity contribution in [2.45, 2.75) is 13.8 Å². The maximum atomic E-state index is 9.48. The van der Waals surface area contributed by atoms with Crippen LogP contribution in [0.4, 0.5) is 0 Å². The highest BCUT2D eigenvalue weighted by atomic mass is 16.3. The summed E-state index contributed by atoms with van der Waals surface area (Å²) in [5.41, 5.74) is 4.31. The SMILES string of the molecule is Cc1cccc(/C=C/C(=N)c2ccc(O)c(C)c2)c1. The second-order valence-corrected chi connectivity index (χ2v) is 4.66. The van der Waals surface area contributed by atoms with Crippen LogP contribution in [0.5, 0.6) is 5.75 Å². The molecule has 0 aliphatic heterocycles. The van der Waals surface area contributed by atoms with Crippen molar-refractivity contribution in [3.63, 3.8) is 0 Å². The Kier molecular flexibility index (Phi) is 3.81. The van der Waals surface area contributed by atoms with Crippen molar-refractivity contribution in [3.05, 3.63) is 70.8 Å². The van der Waals surface area contributed by atoms with E-state index in [1.54, 1.807) is 18.2 Å². The van der Waals surface area contributed by atoms with E-state index in [0.717, 1.165) is 16.7 Å². The fraction of sp³-hybridized carbons (Fsp3) is 0.118. The topological polar surface area (TPSA) is 44.1 Å². The normalized spacial score (nSPS) is 10.8. The Morgan fingerprint density at radius 2 is 1.89 bits per heavy atom. The van der Waals surface area contributed by atoms with E-state index in [4.69, 9.17) is 5.41 Å². The van der Waals surface area contributed by atoms with Gasteiger partial charge in [0, 0.05) is 0 Å². The molecule has 19 heavy (non-hydrogen) atoms. The number of aromatic hydroxyl groups is 1. The van der Waals surface area contributed by atoms with Crippen LogP contribution in [-0.4, -0.2) is 10.8 Å². The third-order valence-electron chi connectivity index (χ3n) is 2.99. The molecule has 0 bridgehead atoms. The number of hydrogen-bond acceptors (Lipinski definition) is 2. The fourth-order valence-electron chi connectivity index (χ4n) is 1.87. The van der Waals surface area contributed by atoms with E-state index in [0.29, 0.717) is 5.71 Å². The summed E-state index contributed by atoms with van der Waals surface area (Å²) < 4.78 is 0. The molecule has 0 saturated heterocycles. The van der Waals surface area contributed by atoms with E-state index in [9.17, 15) is 5.11 Å². The third-order valence-corrected chi connectivity index (χ3v) is 2.99. The van der Waals surface area contributed by atoms with Gasteiger partial charge < -0.3 is 10.5 Å². The van der Waals surface area contributed by atoms with Crippen LogP contribution >= 0.6 is 0 Å². The minimum atomic E-state index is 0.263. The van der Waals surface area contributed by atoms with Crippen LogP contribution in [0.1, 0.15) is 22.3 Å². The summed E-state index contributed by atoms with van der Waals surface area (Å²) >= 11 is 0. The molecule has 0 atom stereocenters. The molecule has 0 radical (unpaired) electrons. The van der Waals surface area contributed by atoms with Gasteiger partial charge in [0.25, 0.3) is 0 Å². The first-order valence-corrected chi connectivity index (χ1v) is 6.19. The average Bonchev–Trinajstić information content (AvgIpc) is 2.39. The number of allylic oxidation sites excluding steroid dienone is 1. The highest BCUT2D eigenvalue weighted by molar-refractivity contribution is 6.08. The molecule has 0 heterocycles. The third kappa shape index (κ3) is 3.32. The Labute approximate surface area is 113 Å². The molecule has 2 nitrogen and oxygen atoms in total. The van der Waals surface area contributed by atoms with Gasteiger partial charge in [-0.15, -0.1) is 0 Å². The van der Waals surface area contributed by atoms with E-state index in [1.807, 2.05) is 44.2 Å². The molecular formula is C17H17NO. The van der Waals surface area contributed by atoms with Crippen molar-refractivity contribution < 1.29 is 5.11 Å². The van der Waals surface area contributed by atoms with Gasteiger partial charge in [-0.25, -0.2) is 0 Å². The number of hydrogen-bond donors (Lipinski definition) is 2. The van der Waals surface area contributed by atoms with E-state index >= 15 is 0 Å². The number of rotatable bonds is 3. The number of phenolic OH excluding ortho intramolecular Hbond substituents is 1. The second-order valence-electron chi connectivity index (χ2n) is 4.66. The molecule has 0 saturated carbocycles. The molecule has 0 aromatic heterocycles. The molecule has 0 aliphatic carbocycles. The van der Waals surface area contributed by atoms with Gasteiger partial charge in [0.15, 0.2) is 0 Å². The molecule has 2 aromatic rings. The van der Waals surface area contributed by atoms with Crippen LogP contribution in [0.2, 0.25) is 0 Å². The predicted octanol–water partition coefficient (Wildman–Crippen LogP) is 4.09. The first kappa shape index (κ1) is 13.1. The van der Waals surface area contributed by atoms with E-state index in [1.165, 1.54) is 5.56 Å². The van der Waals surface area contributed by atoms with Crippen molar-refractivity contribution in [1.29, 1.82) is 5.41 Å². The standard InChI is InChI=1S/C17H17NO/c1-12-4-3-5-14(10-12)6-8-16(18)15-7-9-17(19)13(2)11-15/h3-11,18-19H,1-2H3/b8-6+,18-16?. The van der Waals surface area contributed by atoms with E-state index in [-0.39, 0.29) is 5.75 Å². The maximum absolute atomic E-state index is 9.48. The molecule has 0 aliphatic rings. The Balaban J connectivity index is 2.19. The Bertz CT molecular complexity index is 641. The molecule has 2 aromatic carbocycles. The van der Waals surface area contributed by atoms with Gasteiger partial charge in [-0.2, -0.15) is 0 Å². The lowest BCUT2D eigenvalue weighted by atomic mass is 10.0. The highest BCUT2D eigenvalue weighted by Crippen LogP contribution is 2.17. The van der Waals surface area contributed by atoms with Gasteiger partial charge in [0.05, 0.1) is 5.71 Å². The average molecular weight is 251 g/mol. The largest absolute Gasteiger partial charge is 0.508 e. The summed E-state index contributed by atoms with van der Waals surface area (Å²) in [5, 5.41) is 17.5. The molecule has 0 amide bonds. The summed E-state index contributed by atoms with van der Waals surface area (Å²) in [4.78, 5) is 0. The minimum absolute atomic E-state index is 0.263. The van der Waals surface area contributed by atoms with Crippen molar-refractivity contribution in [2.24, 2.45) is 0 Å². The molecule has 2 rings (SSSR count). The number of nitrogens with one attached hydrogen (secondary N) is 1. The second kappa shape index (κ2) is 5.53. The van der Waals surface area contributed by atoms with E-state index < -0.39 is 0 Å². The molecule has 2 N–H and O–H groups in total.